The van der Waals surface area contributed by atoms with Gasteiger partial charge in [-0.05, 0) is 66.7 Å². The average Bonchev–Trinajstić information content (AvgIpc) is 2.97. The van der Waals surface area contributed by atoms with E-state index in [1.807, 2.05) is 0 Å². The molecule has 46 heavy (non-hydrogen) atoms. The third kappa shape index (κ3) is 9.79. The minimum Gasteiger partial charge on any atom is -0.399 e. The molecule has 0 bridgehead atoms. The van der Waals surface area contributed by atoms with Gasteiger partial charge in [0.15, 0.2) is 0 Å². The van der Waals surface area contributed by atoms with Crippen LogP contribution in [0.25, 0.3) is 0 Å². The predicted octanol–water partition coefficient (Wildman–Crippen LogP) is 3.13. The largest absolute Gasteiger partial charge is 0.399 e. The highest BCUT2D eigenvalue weighted by Crippen LogP contribution is 2.34. The number of hydrogen-bond donors (Lipinski definition) is 9. The highest BCUT2D eigenvalue weighted by atomic mass is 32.2. The van der Waals surface area contributed by atoms with Crippen molar-refractivity contribution in [2.75, 3.05) is 33.6 Å². The Morgan fingerprint density at radius 1 is 0.674 bits per heavy atom. The summed E-state index contributed by atoms with van der Waals surface area (Å²) in [6, 6.07) is 18.3. The van der Waals surface area contributed by atoms with E-state index in [1.165, 1.54) is 30.3 Å². The van der Waals surface area contributed by atoms with Gasteiger partial charge in [0.2, 0.25) is 0 Å². The fraction of sp³-hybridized carbons (Fsp3) is 0. The number of nitrogen functional groups attached to an aromatic ring is 4. The number of benzene rings is 4. The highest BCUT2D eigenvalue weighted by Gasteiger charge is 2.20. The van der Waals surface area contributed by atoms with Gasteiger partial charge in [-0.2, -0.15) is 16.8 Å². The molecule has 0 fully saturated rings. The minimum atomic E-state index is -4.61. The van der Waals surface area contributed by atoms with E-state index in [9.17, 15) is 26.4 Å². The van der Waals surface area contributed by atoms with Crippen LogP contribution in [0.5, 0.6) is 0 Å². The molecular formula is C26H26N6O11S3. The molecule has 0 unspecified atom stereocenters. The van der Waals surface area contributed by atoms with E-state index < -0.39 is 41.8 Å². The molecule has 0 aromatic heterocycles. The van der Waals surface area contributed by atoms with Crippen molar-refractivity contribution in [2.24, 2.45) is 0 Å². The van der Waals surface area contributed by atoms with Crippen molar-refractivity contribution in [3.05, 3.63) is 90.0 Å². The fourth-order valence-corrected chi connectivity index (χ4v) is 5.42. The lowest BCUT2D eigenvalue weighted by Gasteiger charge is -2.13. The number of carbonyl (C=O) groups is 2. The van der Waals surface area contributed by atoms with E-state index in [2.05, 4.69) is 20.0 Å². The van der Waals surface area contributed by atoms with Crippen molar-refractivity contribution >= 4 is 78.2 Å². The van der Waals surface area contributed by atoms with Crippen molar-refractivity contribution in [2.45, 2.75) is 14.7 Å². The van der Waals surface area contributed by atoms with E-state index in [-0.39, 0.29) is 33.2 Å². The molecule has 20 heteroatoms. The lowest BCUT2D eigenvalue weighted by molar-refractivity contribution is -0.432. The normalized spacial score (nSPS) is 11.2. The Hall–Kier alpha value is -4.93. The third-order valence-electron chi connectivity index (χ3n) is 5.64. The van der Waals surface area contributed by atoms with E-state index in [0.29, 0.717) is 29.0 Å². The molecule has 4 aromatic carbocycles. The number of carbonyl (C=O) groups excluding carboxylic acids is 2. The van der Waals surface area contributed by atoms with Gasteiger partial charge in [-0.3, -0.25) is 18.7 Å². The molecule has 0 spiro atoms. The van der Waals surface area contributed by atoms with Crippen LogP contribution < -0.4 is 33.6 Å². The first-order chi connectivity index (χ1) is 21.5. The molecule has 4 aromatic rings. The maximum Gasteiger partial charge on any atom is 0.296 e. The van der Waals surface area contributed by atoms with Crippen molar-refractivity contribution in [3.63, 3.8) is 0 Å². The number of anilines is 6. The Labute approximate surface area is 266 Å². The summed E-state index contributed by atoms with van der Waals surface area (Å²) in [4.78, 5) is 23.2. The standard InChI is InChI=1S/C13H13N3O7S2.C13H13N3O4S/c14-8-3-1-2-7(4-8)13(17)16-10-5-9(15)12(25(19,20)21)6-11(10)24-23-22-18;14-9-3-1-2-8(6-9)13(17)16-10-4-5-11(15)12(7-10)21(18,19)20/h1-6,18H,14-15H2,(H,16,17)(H,19,20,21);1-7H,14-15H2,(H,16,17)(H,18,19,20). The van der Waals surface area contributed by atoms with Gasteiger partial charge in [-0.25, -0.2) is 5.26 Å². The first kappa shape index (κ1) is 35.5. The third-order valence-corrected chi connectivity index (χ3v) is 8.10. The molecular weight excluding hydrogens is 669 g/mol. The first-order valence-electron chi connectivity index (χ1n) is 12.3. The zero-order valence-electron chi connectivity index (χ0n) is 23.1. The van der Waals surface area contributed by atoms with Crippen LogP contribution in [0, 0.1) is 0 Å². The smallest absolute Gasteiger partial charge is 0.296 e. The van der Waals surface area contributed by atoms with Crippen LogP contribution in [0.15, 0.2) is 93.5 Å². The summed E-state index contributed by atoms with van der Waals surface area (Å²) in [5.74, 6) is -1.02. The summed E-state index contributed by atoms with van der Waals surface area (Å²) in [5, 5.41) is 16.7. The summed E-state index contributed by atoms with van der Waals surface area (Å²) >= 11 is 0.384. The van der Waals surface area contributed by atoms with Crippen LogP contribution in [0.4, 0.5) is 34.1 Å². The number of hydrogen-bond acceptors (Lipinski definition) is 14. The van der Waals surface area contributed by atoms with Crippen molar-refractivity contribution in [3.8, 4) is 0 Å². The topological polar surface area (TPSA) is 310 Å². The van der Waals surface area contributed by atoms with E-state index in [4.69, 9.17) is 37.3 Å². The second-order valence-electron chi connectivity index (χ2n) is 8.97. The molecule has 244 valence electrons. The molecule has 0 saturated heterocycles. The molecule has 0 aliphatic rings. The summed E-state index contributed by atoms with van der Waals surface area (Å²) in [7, 11) is -9.07. The lowest BCUT2D eigenvalue weighted by Crippen LogP contribution is -2.14. The first-order valence-corrected chi connectivity index (χ1v) is 15.9. The molecule has 2 amide bonds. The molecule has 0 aliphatic heterocycles. The minimum absolute atomic E-state index is 0.00636. The number of nitrogens with two attached hydrogens (primary N) is 4. The van der Waals surface area contributed by atoms with Crippen molar-refractivity contribution in [1.29, 1.82) is 0 Å². The number of amides is 2. The maximum atomic E-state index is 12.3. The maximum absolute atomic E-state index is 12.3. The molecule has 0 aliphatic carbocycles. The second-order valence-corrected chi connectivity index (χ2v) is 12.5. The Morgan fingerprint density at radius 3 is 1.70 bits per heavy atom. The van der Waals surface area contributed by atoms with Crippen LogP contribution in [0.1, 0.15) is 20.7 Å². The summed E-state index contributed by atoms with van der Waals surface area (Å²) in [6.45, 7) is 0. The summed E-state index contributed by atoms with van der Waals surface area (Å²) in [6.07, 6.45) is 0. The molecule has 0 heterocycles. The zero-order valence-corrected chi connectivity index (χ0v) is 25.6. The van der Waals surface area contributed by atoms with Gasteiger partial charge in [0.1, 0.15) is 9.79 Å². The molecule has 0 atom stereocenters. The Kier molecular flexibility index (Phi) is 11.5. The van der Waals surface area contributed by atoms with Crippen LogP contribution >= 0.6 is 12.0 Å². The van der Waals surface area contributed by atoms with Crippen molar-refractivity contribution in [1.82, 2.24) is 0 Å². The highest BCUT2D eigenvalue weighted by molar-refractivity contribution is 7.94. The zero-order chi connectivity index (χ0) is 34.2. The Balaban J connectivity index is 0.000000254. The lowest BCUT2D eigenvalue weighted by atomic mass is 10.2. The number of nitrogens with one attached hydrogen (secondary N) is 2. The van der Waals surface area contributed by atoms with Gasteiger partial charge in [0.05, 0.1) is 34.0 Å². The Bertz CT molecular complexity index is 1990. The van der Waals surface area contributed by atoms with Gasteiger partial charge in [-0.15, -0.1) is 4.33 Å². The van der Waals surface area contributed by atoms with Crippen LogP contribution in [0.3, 0.4) is 0 Å². The monoisotopic (exact) mass is 694 g/mol. The molecule has 0 saturated carbocycles. The Morgan fingerprint density at radius 2 is 1.20 bits per heavy atom. The molecule has 0 radical (unpaired) electrons. The van der Waals surface area contributed by atoms with Gasteiger partial charge < -0.3 is 33.6 Å². The average molecular weight is 695 g/mol. The van der Waals surface area contributed by atoms with Crippen molar-refractivity contribution < 1.29 is 50.2 Å². The van der Waals surface area contributed by atoms with Gasteiger partial charge in [-0.1, -0.05) is 17.2 Å². The van der Waals surface area contributed by atoms with Crippen LogP contribution in [0.2, 0.25) is 0 Å². The number of rotatable bonds is 9. The quantitative estimate of drug-likeness (QED) is 0.0399. The van der Waals surface area contributed by atoms with Crippen LogP contribution in [-0.2, 0) is 29.6 Å². The van der Waals surface area contributed by atoms with E-state index >= 15 is 0 Å². The summed E-state index contributed by atoms with van der Waals surface area (Å²) in [5.41, 5.74) is 23.5. The van der Waals surface area contributed by atoms with Gasteiger partial charge >= 0.3 is 0 Å². The van der Waals surface area contributed by atoms with Gasteiger partial charge in [0.25, 0.3) is 32.1 Å². The summed E-state index contributed by atoms with van der Waals surface area (Å²) < 4.78 is 67.4. The van der Waals surface area contributed by atoms with Gasteiger partial charge in [0, 0.05) is 28.2 Å². The molecule has 4 rings (SSSR count). The fourth-order valence-electron chi connectivity index (χ4n) is 3.61. The van der Waals surface area contributed by atoms with Crippen LogP contribution in [-0.4, -0.2) is 43.0 Å². The second kappa shape index (κ2) is 14.9. The SMILES string of the molecule is Nc1cccc(C(=O)Nc2cc(N)c(S(=O)(=O)O)cc2SOOO)c1.Nc1cccc(C(=O)Nc2ccc(N)c(S(=O)(=O)O)c2)c1. The molecule has 17 nitrogen and oxygen atoms in total. The van der Waals surface area contributed by atoms with E-state index in [0.717, 1.165) is 18.2 Å². The predicted molar refractivity (Wildman–Crippen MR) is 170 cm³/mol. The molecule has 13 N–H and O–H groups in total. The van der Waals surface area contributed by atoms with E-state index in [1.54, 1.807) is 30.3 Å².